The van der Waals surface area contributed by atoms with Gasteiger partial charge in [0.2, 0.25) is 0 Å². The third kappa shape index (κ3) is 9.46. The molecule has 2 radical (unpaired) electrons. The largest absolute Gasteiger partial charge is 2.00 e. The summed E-state index contributed by atoms with van der Waals surface area (Å²) in [4.78, 5) is 20.1. The molecular weight excluding hydrogens is 211 g/mol. The van der Waals surface area contributed by atoms with Crippen LogP contribution in [0.5, 0.6) is 0 Å². The topological polar surface area (TPSA) is 34.1 Å². The Hall–Kier alpha value is 0.139. The molecule has 0 aliphatic heterocycles. The fraction of sp³-hybridized carbons (Fsp3) is 0.600. The third-order valence-corrected chi connectivity index (χ3v) is 0.498. The first-order valence-electron chi connectivity index (χ1n) is 2.12. The van der Waals surface area contributed by atoms with Gasteiger partial charge >= 0.3 is 23.9 Å². The van der Waals surface area contributed by atoms with Crippen LogP contribution >= 0.6 is 0 Å². The van der Waals surface area contributed by atoms with E-state index in [-0.39, 0.29) is 41.9 Å². The molecule has 0 fully saturated rings. The van der Waals surface area contributed by atoms with Gasteiger partial charge in [-0.15, -0.1) is 0 Å². The summed E-state index contributed by atoms with van der Waals surface area (Å²) in [7, 11) is 0. The predicted molar refractivity (Wildman–Crippen MR) is 31.7 cm³/mol. The molecule has 0 aromatic rings. The van der Waals surface area contributed by atoms with Gasteiger partial charge in [0, 0.05) is 0 Å². The number of carbonyl (C=O) groups is 2. The molecule has 0 rings (SSSR count). The normalized spacial score (nSPS) is 7.25. The van der Waals surface area contributed by atoms with Crippen molar-refractivity contribution in [2.24, 2.45) is 0 Å². The van der Waals surface area contributed by atoms with Crippen molar-refractivity contribution in [1.29, 1.82) is 0 Å². The van der Waals surface area contributed by atoms with Crippen molar-refractivity contribution < 1.29 is 9.59 Å². The van der Waals surface area contributed by atoms with Crippen molar-refractivity contribution in [3.05, 3.63) is 0 Å². The van der Waals surface area contributed by atoms with E-state index >= 15 is 0 Å². The van der Waals surface area contributed by atoms with E-state index in [0.29, 0.717) is 0 Å². The minimum absolute atomic E-state index is 0. The van der Waals surface area contributed by atoms with Crippen LogP contribution in [0.3, 0.4) is 0 Å². The number of rotatable bonds is 2. The zero-order chi connectivity index (χ0) is 5.86. The van der Waals surface area contributed by atoms with E-state index in [2.05, 4.69) is 0 Å². The minimum Gasteiger partial charge on any atom is -0.300 e. The maximum absolute atomic E-state index is 10.0. The minimum atomic E-state index is -0.0625. The first-order chi connectivity index (χ1) is 3.13. The van der Waals surface area contributed by atoms with E-state index in [1.807, 2.05) is 0 Å². The Bertz CT molecular complexity index is 86.6. The summed E-state index contributed by atoms with van der Waals surface area (Å²) in [6, 6.07) is 0. The van der Waals surface area contributed by atoms with Gasteiger partial charge in [0.15, 0.2) is 0 Å². The van der Waals surface area contributed by atoms with Gasteiger partial charge in [-0.1, -0.05) is 0 Å². The molecule has 0 heterocycles. The molecular formula is C5H8O2Sn+2. The fourth-order valence-corrected chi connectivity index (χ4v) is 0.351. The molecule has 0 N–H and O–H groups in total. The molecule has 0 aliphatic carbocycles. The summed E-state index contributed by atoms with van der Waals surface area (Å²) in [5, 5.41) is 0. The van der Waals surface area contributed by atoms with Crippen molar-refractivity contribution in [2.75, 3.05) is 0 Å². The molecule has 0 saturated carbocycles. The second-order valence-corrected chi connectivity index (χ2v) is 1.58. The van der Waals surface area contributed by atoms with Gasteiger partial charge in [0.25, 0.3) is 0 Å². The molecule has 42 valence electrons. The first-order valence-corrected chi connectivity index (χ1v) is 2.12. The number of hydrogen-bond donors (Lipinski definition) is 0. The summed E-state index contributed by atoms with van der Waals surface area (Å²) >= 11 is 0. The Morgan fingerprint density at radius 3 is 1.38 bits per heavy atom. The van der Waals surface area contributed by atoms with E-state index < -0.39 is 0 Å². The maximum Gasteiger partial charge on any atom is 2.00 e. The number of carbonyl (C=O) groups excluding carboxylic acids is 2. The Labute approximate surface area is 65.6 Å². The van der Waals surface area contributed by atoms with Crippen molar-refractivity contribution in [2.45, 2.75) is 20.3 Å². The standard InChI is InChI=1S/C5H8O2.Sn/c1-4(6)3-5(2)7;/h3H2,1-2H3;/q;+2. The summed E-state index contributed by atoms with van der Waals surface area (Å²) in [5.41, 5.74) is 0. The smallest absolute Gasteiger partial charge is 0.300 e. The molecule has 0 saturated heterocycles. The molecule has 0 aromatic heterocycles. The van der Waals surface area contributed by atoms with Crippen LogP contribution in [-0.2, 0) is 9.59 Å². The molecule has 0 spiro atoms. The van der Waals surface area contributed by atoms with Gasteiger partial charge < -0.3 is 0 Å². The third-order valence-electron chi connectivity index (χ3n) is 0.498. The number of Topliss-reactive ketones (excluding diaryl/α,β-unsaturated/α-hetero) is 2. The van der Waals surface area contributed by atoms with Gasteiger partial charge in [0.05, 0.1) is 6.42 Å². The Balaban J connectivity index is 0. The van der Waals surface area contributed by atoms with E-state index in [4.69, 9.17) is 0 Å². The Kier molecular flexibility index (Phi) is 7.26. The SMILES string of the molecule is CC(=O)CC(C)=O.[Sn+2]. The molecule has 0 bridgehead atoms. The quantitative estimate of drug-likeness (QED) is 0.490. The summed E-state index contributed by atoms with van der Waals surface area (Å²) in [6.45, 7) is 2.81. The van der Waals surface area contributed by atoms with E-state index in [1.54, 1.807) is 0 Å². The van der Waals surface area contributed by atoms with Gasteiger partial charge in [-0.25, -0.2) is 0 Å². The monoisotopic (exact) mass is 220 g/mol. The van der Waals surface area contributed by atoms with Gasteiger partial charge in [0.1, 0.15) is 11.6 Å². The molecule has 0 amide bonds. The van der Waals surface area contributed by atoms with Crippen LogP contribution in [0.1, 0.15) is 20.3 Å². The maximum atomic E-state index is 10.0. The van der Waals surface area contributed by atoms with E-state index in [9.17, 15) is 9.59 Å². The molecule has 0 unspecified atom stereocenters. The average molecular weight is 219 g/mol. The molecule has 3 heteroatoms. The van der Waals surface area contributed by atoms with Crippen LogP contribution in [0.4, 0.5) is 0 Å². The van der Waals surface area contributed by atoms with Crippen molar-refractivity contribution in [1.82, 2.24) is 0 Å². The van der Waals surface area contributed by atoms with E-state index in [0.717, 1.165) is 0 Å². The molecule has 0 aliphatic rings. The van der Waals surface area contributed by atoms with Crippen molar-refractivity contribution in [3.63, 3.8) is 0 Å². The average Bonchev–Trinajstić information content (AvgIpc) is 1.27. The second-order valence-electron chi connectivity index (χ2n) is 1.58. The number of ketones is 2. The van der Waals surface area contributed by atoms with Crippen molar-refractivity contribution >= 4 is 35.5 Å². The van der Waals surface area contributed by atoms with Crippen molar-refractivity contribution in [3.8, 4) is 0 Å². The van der Waals surface area contributed by atoms with Gasteiger partial charge in [-0.05, 0) is 13.8 Å². The molecule has 0 atom stereocenters. The van der Waals surface area contributed by atoms with Crippen LogP contribution in [0.2, 0.25) is 0 Å². The molecule has 2 nitrogen and oxygen atoms in total. The zero-order valence-corrected chi connectivity index (χ0v) is 7.88. The van der Waals surface area contributed by atoms with Crippen LogP contribution in [-0.4, -0.2) is 35.5 Å². The second kappa shape index (κ2) is 5.28. The predicted octanol–water partition coefficient (Wildman–Crippen LogP) is 0.174. The Morgan fingerprint density at radius 1 is 1.12 bits per heavy atom. The van der Waals surface area contributed by atoms with E-state index in [1.165, 1.54) is 13.8 Å². The van der Waals surface area contributed by atoms with Crippen LogP contribution in [0.15, 0.2) is 0 Å². The summed E-state index contributed by atoms with van der Waals surface area (Å²) in [6.07, 6.45) is 0.0833. The summed E-state index contributed by atoms with van der Waals surface area (Å²) < 4.78 is 0. The van der Waals surface area contributed by atoms with Crippen LogP contribution in [0, 0.1) is 0 Å². The molecule has 8 heavy (non-hydrogen) atoms. The first kappa shape index (κ1) is 11.0. The van der Waals surface area contributed by atoms with Gasteiger partial charge in [-0.2, -0.15) is 0 Å². The summed E-state index contributed by atoms with van der Waals surface area (Å²) in [5.74, 6) is -0.125. The van der Waals surface area contributed by atoms with Crippen LogP contribution < -0.4 is 0 Å². The molecule has 0 aromatic carbocycles. The zero-order valence-electron chi connectivity index (χ0n) is 5.02. The Morgan fingerprint density at radius 2 is 1.38 bits per heavy atom. The fourth-order valence-electron chi connectivity index (χ4n) is 0.351. The van der Waals surface area contributed by atoms with Crippen LogP contribution in [0.25, 0.3) is 0 Å². The number of hydrogen-bond acceptors (Lipinski definition) is 2. The van der Waals surface area contributed by atoms with Gasteiger partial charge in [-0.3, -0.25) is 9.59 Å².